The predicted molar refractivity (Wildman–Crippen MR) is 61.1 cm³/mol. The van der Waals surface area contributed by atoms with Gasteiger partial charge >= 0.3 is 0 Å². The normalized spacial score (nSPS) is 9.75. The quantitative estimate of drug-likeness (QED) is 0.819. The number of halogens is 1. The number of aromatic nitrogens is 1. The highest BCUT2D eigenvalue weighted by Crippen LogP contribution is 2.23. The fourth-order valence-corrected chi connectivity index (χ4v) is 1.54. The van der Waals surface area contributed by atoms with Crippen molar-refractivity contribution in [2.24, 2.45) is 0 Å². The van der Waals surface area contributed by atoms with Gasteiger partial charge in [0.1, 0.15) is 17.5 Å². The third kappa shape index (κ3) is 2.13. The minimum absolute atomic E-state index is 0.186. The Balaban J connectivity index is 2.52. The standard InChI is InChI=1S/C12H7ClN2O/c13-9-5-10(7-14)15-12(6-9)8-1-3-11(16)4-2-8/h1-6,16H. The Kier molecular flexibility index (Phi) is 2.76. The van der Waals surface area contributed by atoms with E-state index in [1.165, 1.54) is 6.07 Å². The van der Waals surface area contributed by atoms with Gasteiger partial charge in [0.15, 0.2) is 0 Å². The van der Waals surface area contributed by atoms with Crippen LogP contribution in [-0.4, -0.2) is 10.1 Å². The summed E-state index contributed by atoms with van der Waals surface area (Å²) < 4.78 is 0. The Morgan fingerprint density at radius 3 is 2.50 bits per heavy atom. The molecule has 0 atom stereocenters. The average molecular weight is 231 g/mol. The SMILES string of the molecule is N#Cc1cc(Cl)cc(-c2ccc(O)cc2)n1. The number of benzene rings is 1. The first kappa shape index (κ1) is 10.5. The highest BCUT2D eigenvalue weighted by molar-refractivity contribution is 6.30. The lowest BCUT2D eigenvalue weighted by Crippen LogP contribution is -1.87. The zero-order valence-corrected chi connectivity index (χ0v) is 8.94. The molecule has 4 heteroatoms. The lowest BCUT2D eigenvalue weighted by atomic mass is 10.1. The molecule has 1 aromatic carbocycles. The van der Waals surface area contributed by atoms with Gasteiger partial charge in [0.05, 0.1) is 5.69 Å². The number of aromatic hydroxyl groups is 1. The molecule has 0 aliphatic rings. The van der Waals surface area contributed by atoms with E-state index in [0.29, 0.717) is 10.7 Å². The second-order valence-corrected chi connectivity index (χ2v) is 3.65. The second kappa shape index (κ2) is 4.21. The number of nitriles is 1. The number of pyridine rings is 1. The van der Waals surface area contributed by atoms with Gasteiger partial charge in [0, 0.05) is 10.6 Å². The lowest BCUT2D eigenvalue weighted by molar-refractivity contribution is 0.475. The fourth-order valence-electron chi connectivity index (χ4n) is 1.33. The van der Waals surface area contributed by atoms with E-state index in [4.69, 9.17) is 22.0 Å². The summed E-state index contributed by atoms with van der Waals surface area (Å²) in [5.74, 6) is 0.186. The molecule has 1 aromatic heterocycles. The van der Waals surface area contributed by atoms with Crippen molar-refractivity contribution in [2.75, 3.05) is 0 Å². The Morgan fingerprint density at radius 1 is 1.19 bits per heavy atom. The minimum Gasteiger partial charge on any atom is -0.508 e. The van der Waals surface area contributed by atoms with Crippen LogP contribution in [0.3, 0.4) is 0 Å². The summed E-state index contributed by atoms with van der Waals surface area (Å²) in [5.41, 5.74) is 1.69. The van der Waals surface area contributed by atoms with Crippen LogP contribution >= 0.6 is 11.6 Å². The summed E-state index contributed by atoms with van der Waals surface area (Å²) in [6.45, 7) is 0. The Bertz CT molecular complexity index is 558. The highest BCUT2D eigenvalue weighted by Gasteiger charge is 2.03. The van der Waals surface area contributed by atoms with Crippen LogP contribution in [0.15, 0.2) is 36.4 Å². The van der Waals surface area contributed by atoms with Crippen LogP contribution in [-0.2, 0) is 0 Å². The molecule has 0 radical (unpaired) electrons. The second-order valence-electron chi connectivity index (χ2n) is 3.21. The van der Waals surface area contributed by atoms with Gasteiger partial charge in [-0.1, -0.05) is 11.6 Å². The summed E-state index contributed by atoms with van der Waals surface area (Å²) in [6, 6.07) is 11.7. The lowest BCUT2D eigenvalue weighted by Gasteiger charge is -2.02. The maximum atomic E-state index is 9.16. The van der Waals surface area contributed by atoms with Crippen LogP contribution in [0.25, 0.3) is 11.3 Å². The molecule has 16 heavy (non-hydrogen) atoms. The molecule has 2 aromatic rings. The van der Waals surface area contributed by atoms with E-state index in [9.17, 15) is 0 Å². The van der Waals surface area contributed by atoms with Crippen molar-refractivity contribution < 1.29 is 5.11 Å². The molecule has 1 heterocycles. The van der Waals surface area contributed by atoms with E-state index in [0.717, 1.165) is 5.56 Å². The monoisotopic (exact) mass is 230 g/mol. The van der Waals surface area contributed by atoms with Gasteiger partial charge < -0.3 is 5.11 Å². The largest absolute Gasteiger partial charge is 0.508 e. The summed E-state index contributed by atoms with van der Waals surface area (Å²) in [6.07, 6.45) is 0. The van der Waals surface area contributed by atoms with Crippen LogP contribution in [0.4, 0.5) is 0 Å². The van der Waals surface area contributed by atoms with Gasteiger partial charge in [-0.15, -0.1) is 0 Å². The zero-order chi connectivity index (χ0) is 11.5. The first-order valence-electron chi connectivity index (χ1n) is 4.56. The predicted octanol–water partition coefficient (Wildman–Crippen LogP) is 2.98. The van der Waals surface area contributed by atoms with Crippen LogP contribution < -0.4 is 0 Å². The van der Waals surface area contributed by atoms with E-state index >= 15 is 0 Å². The first-order valence-corrected chi connectivity index (χ1v) is 4.94. The molecule has 0 fully saturated rings. The fraction of sp³-hybridized carbons (Fsp3) is 0. The Morgan fingerprint density at radius 2 is 1.88 bits per heavy atom. The topological polar surface area (TPSA) is 56.9 Å². The molecule has 0 amide bonds. The molecular formula is C12H7ClN2O. The number of phenolic OH excluding ortho intramolecular Hbond substituents is 1. The van der Waals surface area contributed by atoms with E-state index in [1.54, 1.807) is 30.3 Å². The van der Waals surface area contributed by atoms with Crippen LogP contribution in [0.5, 0.6) is 5.75 Å². The molecular weight excluding hydrogens is 224 g/mol. The number of hydrogen-bond acceptors (Lipinski definition) is 3. The van der Waals surface area contributed by atoms with Gasteiger partial charge in [-0.05, 0) is 36.4 Å². The smallest absolute Gasteiger partial charge is 0.142 e. The molecule has 2 rings (SSSR count). The maximum absolute atomic E-state index is 9.16. The van der Waals surface area contributed by atoms with Gasteiger partial charge in [0.2, 0.25) is 0 Å². The van der Waals surface area contributed by atoms with Crippen molar-refractivity contribution in [3.05, 3.63) is 47.1 Å². The Labute approximate surface area is 97.6 Å². The summed E-state index contributed by atoms with van der Waals surface area (Å²) in [7, 11) is 0. The molecule has 78 valence electrons. The van der Waals surface area contributed by atoms with E-state index in [2.05, 4.69) is 4.98 Å². The van der Waals surface area contributed by atoms with Crippen LogP contribution in [0.2, 0.25) is 5.02 Å². The van der Waals surface area contributed by atoms with E-state index in [1.807, 2.05) is 6.07 Å². The molecule has 0 aliphatic carbocycles. The molecule has 0 bridgehead atoms. The van der Waals surface area contributed by atoms with Gasteiger partial charge in [-0.25, -0.2) is 4.98 Å². The molecule has 3 nitrogen and oxygen atoms in total. The highest BCUT2D eigenvalue weighted by atomic mass is 35.5. The van der Waals surface area contributed by atoms with Gasteiger partial charge in [-0.2, -0.15) is 5.26 Å². The third-order valence-corrected chi connectivity index (χ3v) is 2.29. The van der Waals surface area contributed by atoms with Gasteiger partial charge in [-0.3, -0.25) is 0 Å². The maximum Gasteiger partial charge on any atom is 0.142 e. The van der Waals surface area contributed by atoms with Crippen molar-refractivity contribution in [1.82, 2.24) is 4.98 Å². The van der Waals surface area contributed by atoms with Crippen molar-refractivity contribution in [3.8, 4) is 23.1 Å². The van der Waals surface area contributed by atoms with Crippen molar-refractivity contribution in [2.45, 2.75) is 0 Å². The average Bonchev–Trinajstić information content (AvgIpc) is 2.29. The Hall–Kier alpha value is -2.05. The molecule has 0 spiro atoms. The summed E-state index contributed by atoms with van der Waals surface area (Å²) in [5, 5.41) is 18.4. The number of rotatable bonds is 1. The number of nitrogens with zero attached hydrogens (tertiary/aromatic N) is 2. The molecule has 0 aliphatic heterocycles. The van der Waals surface area contributed by atoms with Gasteiger partial charge in [0.25, 0.3) is 0 Å². The molecule has 0 unspecified atom stereocenters. The zero-order valence-electron chi connectivity index (χ0n) is 8.18. The minimum atomic E-state index is 0.186. The van der Waals surface area contributed by atoms with Crippen molar-refractivity contribution in [1.29, 1.82) is 5.26 Å². The van der Waals surface area contributed by atoms with E-state index in [-0.39, 0.29) is 11.4 Å². The summed E-state index contributed by atoms with van der Waals surface area (Å²) in [4.78, 5) is 4.12. The van der Waals surface area contributed by atoms with E-state index < -0.39 is 0 Å². The molecule has 0 saturated carbocycles. The number of phenols is 1. The van der Waals surface area contributed by atoms with Crippen molar-refractivity contribution >= 4 is 11.6 Å². The first-order chi connectivity index (χ1) is 7.69. The van der Waals surface area contributed by atoms with Crippen molar-refractivity contribution in [3.63, 3.8) is 0 Å². The number of hydrogen-bond donors (Lipinski definition) is 1. The van der Waals surface area contributed by atoms with Crippen LogP contribution in [0.1, 0.15) is 5.69 Å². The summed E-state index contributed by atoms with van der Waals surface area (Å²) >= 11 is 5.87. The van der Waals surface area contributed by atoms with Crippen LogP contribution in [0, 0.1) is 11.3 Å². The molecule has 1 N–H and O–H groups in total. The molecule has 0 saturated heterocycles. The third-order valence-electron chi connectivity index (χ3n) is 2.07.